The van der Waals surface area contributed by atoms with Gasteiger partial charge in [0.25, 0.3) is 0 Å². The van der Waals surface area contributed by atoms with Gasteiger partial charge in [-0.3, -0.25) is 4.79 Å². The van der Waals surface area contributed by atoms with Crippen LogP contribution < -0.4 is 10.2 Å². The molecule has 1 saturated heterocycles. The van der Waals surface area contributed by atoms with E-state index in [4.69, 9.17) is 9.47 Å². The van der Waals surface area contributed by atoms with Gasteiger partial charge < -0.3 is 29.9 Å². The van der Waals surface area contributed by atoms with Crippen molar-refractivity contribution in [1.29, 1.82) is 0 Å². The van der Waals surface area contributed by atoms with Crippen LogP contribution in [0.4, 0.5) is 0 Å². The first kappa shape index (κ1) is 21.9. The highest BCUT2D eigenvalue weighted by atomic mass is 16.7. The third-order valence-electron chi connectivity index (χ3n) is 4.59. The van der Waals surface area contributed by atoms with Crippen LogP contribution >= 0.6 is 0 Å². The third-order valence-corrected chi connectivity index (χ3v) is 4.59. The van der Waals surface area contributed by atoms with Crippen molar-refractivity contribution in [2.45, 2.75) is 37.1 Å². The summed E-state index contributed by atoms with van der Waals surface area (Å²) < 4.78 is 10.8. The topological polar surface area (TPSA) is 141 Å². The van der Waals surface area contributed by atoms with Crippen molar-refractivity contribution < 1.29 is 34.7 Å². The van der Waals surface area contributed by atoms with E-state index in [2.05, 4.69) is 10.5 Å². The van der Waals surface area contributed by atoms with E-state index in [0.717, 1.165) is 5.56 Å². The van der Waals surface area contributed by atoms with Crippen molar-refractivity contribution in [3.63, 3.8) is 0 Å². The Bertz CT molecular complexity index is 842. The summed E-state index contributed by atoms with van der Waals surface area (Å²) in [5, 5.41) is 42.7. The predicted octanol–water partition coefficient (Wildman–Crippen LogP) is -0.442. The third kappa shape index (κ3) is 5.62. The molecule has 0 saturated carbocycles. The fourth-order valence-corrected chi connectivity index (χ4v) is 2.93. The molecule has 1 aliphatic rings. The molecule has 5 atom stereocenters. The maximum atomic E-state index is 11.9. The first-order valence-electron chi connectivity index (χ1n) is 9.41. The summed E-state index contributed by atoms with van der Waals surface area (Å²) in [6, 6.07) is 15.8. The predicted molar refractivity (Wildman–Crippen MR) is 107 cm³/mol. The standard InChI is InChI=1S/C21H24N2O7/c24-12-16-18(26)19(27)20(28)21(30-16)29-15-8-6-14(7-9-15)11-22-23-17(25)10-13-4-2-1-3-5-13/h1-9,11,16,18-21,24,26-28H,10,12H2,(H,23,25)/b22-11+/t16-,18-,19+,20-,21-/m0/s1. The molecule has 9 heteroatoms. The molecule has 0 aromatic heterocycles. The molecule has 30 heavy (non-hydrogen) atoms. The largest absolute Gasteiger partial charge is 0.462 e. The van der Waals surface area contributed by atoms with Gasteiger partial charge in [0.2, 0.25) is 12.2 Å². The number of amides is 1. The lowest BCUT2D eigenvalue weighted by atomic mass is 9.99. The quantitative estimate of drug-likeness (QED) is 0.304. The summed E-state index contributed by atoms with van der Waals surface area (Å²) in [6.45, 7) is -0.532. The Labute approximate surface area is 173 Å². The number of carbonyl (C=O) groups excluding carboxylic acids is 1. The average molecular weight is 416 g/mol. The number of ether oxygens (including phenoxy) is 2. The molecule has 9 nitrogen and oxygen atoms in total. The molecule has 0 unspecified atom stereocenters. The van der Waals surface area contributed by atoms with Crippen molar-refractivity contribution in [3.05, 3.63) is 65.7 Å². The van der Waals surface area contributed by atoms with E-state index in [1.165, 1.54) is 6.21 Å². The molecule has 0 spiro atoms. The van der Waals surface area contributed by atoms with Gasteiger partial charge in [0.1, 0.15) is 30.2 Å². The molecule has 2 aromatic rings. The minimum Gasteiger partial charge on any atom is -0.462 e. The number of aliphatic hydroxyl groups excluding tert-OH is 4. The Morgan fingerprint density at radius 2 is 1.73 bits per heavy atom. The maximum absolute atomic E-state index is 11.9. The number of aliphatic hydroxyl groups is 4. The Balaban J connectivity index is 1.52. The second-order valence-electron chi connectivity index (χ2n) is 6.84. The van der Waals surface area contributed by atoms with Crippen LogP contribution in [0.5, 0.6) is 5.75 Å². The van der Waals surface area contributed by atoms with E-state index in [1.807, 2.05) is 30.3 Å². The van der Waals surface area contributed by atoms with Gasteiger partial charge in [-0.25, -0.2) is 5.43 Å². The van der Waals surface area contributed by atoms with Gasteiger partial charge in [-0.15, -0.1) is 0 Å². The lowest BCUT2D eigenvalue weighted by Crippen LogP contribution is -2.60. The molecule has 3 rings (SSSR count). The molecule has 0 aliphatic carbocycles. The van der Waals surface area contributed by atoms with Gasteiger partial charge >= 0.3 is 0 Å². The molecule has 2 aromatic carbocycles. The van der Waals surface area contributed by atoms with Crippen LogP contribution in [-0.4, -0.2) is 69.9 Å². The summed E-state index contributed by atoms with van der Waals surface area (Å²) in [6.07, 6.45) is -5.03. The van der Waals surface area contributed by atoms with E-state index in [1.54, 1.807) is 24.3 Å². The van der Waals surface area contributed by atoms with Gasteiger partial charge in [-0.05, 0) is 35.4 Å². The lowest BCUT2D eigenvalue weighted by molar-refractivity contribution is -0.277. The zero-order chi connectivity index (χ0) is 21.5. The van der Waals surface area contributed by atoms with Crippen LogP contribution in [0, 0.1) is 0 Å². The molecule has 0 bridgehead atoms. The van der Waals surface area contributed by atoms with Crippen LogP contribution in [-0.2, 0) is 16.0 Å². The number of hydrazone groups is 1. The summed E-state index contributed by atoms with van der Waals surface area (Å²) in [4.78, 5) is 11.9. The Morgan fingerprint density at radius 1 is 1.03 bits per heavy atom. The molecule has 1 aliphatic heterocycles. The van der Waals surface area contributed by atoms with Gasteiger partial charge in [0, 0.05) is 0 Å². The minimum atomic E-state index is -1.51. The number of carbonyl (C=O) groups is 1. The van der Waals surface area contributed by atoms with Crippen LogP contribution in [0.1, 0.15) is 11.1 Å². The summed E-state index contributed by atoms with van der Waals surface area (Å²) >= 11 is 0. The van der Waals surface area contributed by atoms with E-state index in [-0.39, 0.29) is 12.3 Å². The zero-order valence-electron chi connectivity index (χ0n) is 16.0. The smallest absolute Gasteiger partial charge is 0.244 e. The second kappa shape index (κ2) is 10.3. The van der Waals surface area contributed by atoms with E-state index in [0.29, 0.717) is 11.3 Å². The number of benzene rings is 2. The fourth-order valence-electron chi connectivity index (χ4n) is 2.93. The summed E-state index contributed by atoms with van der Waals surface area (Å²) in [5.74, 6) is 0.101. The van der Waals surface area contributed by atoms with Crippen LogP contribution in [0.2, 0.25) is 0 Å². The second-order valence-corrected chi connectivity index (χ2v) is 6.84. The Kier molecular flexibility index (Phi) is 7.50. The maximum Gasteiger partial charge on any atom is 0.244 e. The van der Waals surface area contributed by atoms with Crippen LogP contribution in [0.15, 0.2) is 59.7 Å². The molecular formula is C21H24N2O7. The zero-order valence-corrected chi connectivity index (χ0v) is 16.0. The van der Waals surface area contributed by atoms with Crippen LogP contribution in [0.25, 0.3) is 0 Å². The number of nitrogens with zero attached hydrogens (tertiary/aromatic N) is 1. The van der Waals surface area contributed by atoms with Crippen LogP contribution in [0.3, 0.4) is 0 Å². The van der Waals surface area contributed by atoms with Crippen molar-refractivity contribution in [2.24, 2.45) is 5.10 Å². The van der Waals surface area contributed by atoms with Crippen molar-refractivity contribution in [1.82, 2.24) is 5.43 Å². The summed E-state index contributed by atoms with van der Waals surface area (Å²) in [5.41, 5.74) is 4.04. The van der Waals surface area contributed by atoms with Crippen molar-refractivity contribution in [2.75, 3.05) is 6.61 Å². The Morgan fingerprint density at radius 3 is 2.40 bits per heavy atom. The highest BCUT2D eigenvalue weighted by molar-refractivity contribution is 5.83. The number of nitrogens with one attached hydrogen (secondary N) is 1. The summed E-state index contributed by atoms with van der Waals surface area (Å²) in [7, 11) is 0. The normalized spacial score (nSPS) is 26.5. The minimum absolute atomic E-state index is 0.226. The van der Waals surface area contributed by atoms with Gasteiger partial charge in [0.15, 0.2) is 0 Å². The van der Waals surface area contributed by atoms with E-state index < -0.39 is 37.3 Å². The number of hydrogen-bond acceptors (Lipinski definition) is 8. The first-order valence-corrected chi connectivity index (χ1v) is 9.41. The van der Waals surface area contributed by atoms with Crippen molar-refractivity contribution in [3.8, 4) is 5.75 Å². The highest BCUT2D eigenvalue weighted by Crippen LogP contribution is 2.24. The molecule has 1 fully saturated rings. The molecule has 160 valence electrons. The average Bonchev–Trinajstić information content (AvgIpc) is 2.76. The van der Waals surface area contributed by atoms with E-state index in [9.17, 15) is 25.2 Å². The van der Waals surface area contributed by atoms with Gasteiger partial charge in [-0.1, -0.05) is 30.3 Å². The highest BCUT2D eigenvalue weighted by Gasteiger charge is 2.44. The first-order chi connectivity index (χ1) is 14.5. The molecule has 1 amide bonds. The van der Waals surface area contributed by atoms with Crippen molar-refractivity contribution >= 4 is 12.1 Å². The number of rotatable bonds is 7. The van der Waals surface area contributed by atoms with Gasteiger partial charge in [0.05, 0.1) is 19.2 Å². The molecular weight excluding hydrogens is 392 g/mol. The number of hydrogen-bond donors (Lipinski definition) is 5. The fraction of sp³-hybridized carbons (Fsp3) is 0.333. The molecule has 1 heterocycles. The molecule has 5 N–H and O–H groups in total. The Hall–Kier alpha value is -2.82. The monoisotopic (exact) mass is 416 g/mol. The SMILES string of the molecule is O=C(Cc1ccccc1)N/N=C/c1ccc(O[C@H]2O[C@@H](CO)[C@H](O)[C@@H](O)[C@@H]2O)cc1. The van der Waals surface area contributed by atoms with E-state index >= 15 is 0 Å². The lowest BCUT2D eigenvalue weighted by Gasteiger charge is -2.39. The molecule has 0 radical (unpaired) electrons. The van der Waals surface area contributed by atoms with Gasteiger partial charge in [-0.2, -0.15) is 5.10 Å².